The highest BCUT2D eigenvalue weighted by molar-refractivity contribution is 8.16. The zero-order chi connectivity index (χ0) is 13.9. The van der Waals surface area contributed by atoms with E-state index < -0.39 is 0 Å². The van der Waals surface area contributed by atoms with Crippen LogP contribution in [0.2, 0.25) is 0 Å². The van der Waals surface area contributed by atoms with Crippen LogP contribution in [0, 0.1) is 6.92 Å². The summed E-state index contributed by atoms with van der Waals surface area (Å²) in [5, 5.41) is 4.41. The molecular formula is C15H15NOS3. The average Bonchev–Trinajstić information content (AvgIpc) is 2.82. The molecule has 0 bridgehead atoms. The van der Waals surface area contributed by atoms with Crippen LogP contribution >= 0.6 is 35.7 Å². The standard InChI is InChI=1S/C15H15NOS3/c1-10-3-2-4-11(7-10)12-5-6-13(17-12)14-15(18)16-8-19-9-20-14/h2-7,14H,8-9H2,1H3,(H,16,18). The zero-order valence-electron chi connectivity index (χ0n) is 11.1. The van der Waals surface area contributed by atoms with Gasteiger partial charge in [-0.15, -0.1) is 23.5 Å². The molecule has 1 atom stereocenters. The number of thiocarbonyl (C=S) groups is 1. The predicted octanol–water partition coefficient (Wildman–Crippen LogP) is 4.61. The van der Waals surface area contributed by atoms with Crippen LogP contribution in [0.25, 0.3) is 11.3 Å². The lowest BCUT2D eigenvalue weighted by Crippen LogP contribution is -2.23. The normalized spacial score (nSPS) is 19.4. The molecule has 1 aromatic carbocycles. The summed E-state index contributed by atoms with van der Waals surface area (Å²) < 4.78 is 6.03. The number of thioether (sulfide) groups is 2. The summed E-state index contributed by atoms with van der Waals surface area (Å²) in [5.74, 6) is 2.73. The van der Waals surface area contributed by atoms with Gasteiger partial charge in [0.05, 0.1) is 10.9 Å². The largest absolute Gasteiger partial charge is 0.459 e. The Balaban J connectivity index is 1.87. The minimum absolute atomic E-state index is 0.124. The number of rotatable bonds is 2. The van der Waals surface area contributed by atoms with E-state index in [1.165, 1.54) is 5.56 Å². The first-order valence-electron chi connectivity index (χ1n) is 6.38. The van der Waals surface area contributed by atoms with Gasteiger partial charge in [0, 0.05) is 10.6 Å². The molecule has 1 fully saturated rings. The Labute approximate surface area is 132 Å². The molecule has 5 heteroatoms. The molecule has 2 aromatic rings. The van der Waals surface area contributed by atoms with E-state index in [0.29, 0.717) is 0 Å². The molecule has 0 spiro atoms. The number of hydrogen-bond donors (Lipinski definition) is 1. The van der Waals surface area contributed by atoms with E-state index in [4.69, 9.17) is 16.6 Å². The first kappa shape index (κ1) is 14.0. The van der Waals surface area contributed by atoms with Gasteiger partial charge in [-0.1, -0.05) is 36.0 Å². The van der Waals surface area contributed by atoms with Gasteiger partial charge in [0.25, 0.3) is 0 Å². The third-order valence-electron chi connectivity index (χ3n) is 3.09. The number of hydrogen-bond acceptors (Lipinski definition) is 4. The molecule has 1 aromatic heterocycles. The maximum absolute atomic E-state index is 6.03. The summed E-state index contributed by atoms with van der Waals surface area (Å²) in [6, 6.07) is 12.4. The molecule has 1 N–H and O–H groups in total. The minimum atomic E-state index is 0.124. The fraction of sp³-hybridized carbons (Fsp3) is 0.267. The van der Waals surface area contributed by atoms with Crippen molar-refractivity contribution in [2.75, 3.05) is 11.0 Å². The Morgan fingerprint density at radius 3 is 3.05 bits per heavy atom. The summed E-state index contributed by atoms with van der Waals surface area (Å²) in [4.78, 5) is 0.866. The van der Waals surface area contributed by atoms with Crippen LogP contribution in [-0.4, -0.2) is 16.0 Å². The fourth-order valence-corrected chi connectivity index (χ4v) is 4.64. The Hall–Kier alpha value is -0.910. The number of aryl methyl sites for hydroxylation is 1. The third kappa shape index (κ3) is 3.05. The monoisotopic (exact) mass is 321 g/mol. The Morgan fingerprint density at radius 1 is 1.30 bits per heavy atom. The Bertz CT molecular complexity index is 623. The van der Waals surface area contributed by atoms with Crippen molar-refractivity contribution in [3.8, 4) is 11.3 Å². The number of benzene rings is 1. The molecule has 2 nitrogen and oxygen atoms in total. The van der Waals surface area contributed by atoms with Gasteiger partial charge in [0.1, 0.15) is 16.8 Å². The van der Waals surface area contributed by atoms with Crippen molar-refractivity contribution in [2.24, 2.45) is 0 Å². The Kier molecular flexibility index (Phi) is 4.38. The van der Waals surface area contributed by atoms with Gasteiger partial charge in [-0.25, -0.2) is 0 Å². The van der Waals surface area contributed by atoms with Crippen LogP contribution in [0.4, 0.5) is 0 Å². The van der Waals surface area contributed by atoms with Gasteiger partial charge in [0.15, 0.2) is 0 Å². The predicted molar refractivity (Wildman–Crippen MR) is 92.3 cm³/mol. The molecule has 3 rings (SSSR count). The van der Waals surface area contributed by atoms with Gasteiger partial charge in [-0.2, -0.15) is 0 Å². The van der Waals surface area contributed by atoms with E-state index in [-0.39, 0.29) is 5.25 Å². The molecule has 20 heavy (non-hydrogen) atoms. The summed E-state index contributed by atoms with van der Waals surface area (Å²) in [6.07, 6.45) is 0. The quantitative estimate of drug-likeness (QED) is 0.815. The van der Waals surface area contributed by atoms with Crippen LogP contribution in [0.15, 0.2) is 40.8 Å². The van der Waals surface area contributed by atoms with Crippen molar-refractivity contribution in [3.63, 3.8) is 0 Å². The van der Waals surface area contributed by atoms with Crippen LogP contribution in [-0.2, 0) is 0 Å². The topological polar surface area (TPSA) is 25.2 Å². The van der Waals surface area contributed by atoms with Crippen LogP contribution in [0.1, 0.15) is 16.6 Å². The highest BCUT2D eigenvalue weighted by Gasteiger charge is 2.23. The van der Waals surface area contributed by atoms with Gasteiger partial charge in [0.2, 0.25) is 0 Å². The molecule has 0 radical (unpaired) electrons. The van der Waals surface area contributed by atoms with E-state index in [2.05, 4.69) is 36.5 Å². The molecule has 0 aliphatic carbocycles. The van der Waals surface area contributed by atoms with Crippen LogP contribution < -0.4 is 5.32 Å². The van der Waals surface area contributed by atoms with Gasteiger partial charge in [-0.3, -0.25) is 0 Å². The fourth-order valence-electron chi connectivity index (χ4n) is 2.11. The summed E-state index contributed by atoms with van der Waals surface area (Å²) >= 11 is 9.11. The maximum Gasteiger partial charge on any atom is 0.134 e. The van der Waals surface area contributed by atoms with Crippen molar-refractivity contribution in [1.29, 1.82) is 0 Å². The van der Waals surface area contributed by atoms with E-state index in [1.807, 2.05) is 35.7 Å². The summed E-state index contributed by atoms with van der Waals surface area (Å²) in [5.41, 5.74) is 2.35. The average molecular weight is 321 g/mol. The molecule has 0 amide bonds. The molecule has 0 saturated carbocycles. The van der Waals surface area contributed by atoms with Crippen molar-refractivity contribution in [2.45, 2.75) is 12.2 Å². The van der Waals surface area contributed by atoms with Crippen LogP contribution in [0.3, 0.4) is 0 Å². The second-order valence-electron chi connectivity index (χ2n) is 4.63. The maximum atomic E-state index is 6.03. The number of furan rings is 1. The minimum Gasteiger partial charge on any atom is -0.459 e. The zero-order valence-corrected chi connectivity index (χ0v) is 13.5. The lowest BCUT2D eigenvalue weighted by atomic mass is 10.1. The highest BCUT2D eigenvalue weighted by atomic mass is 32.2. The van der Waals surface area contributed by atoms with Crippen molar-refractivity contribution in [3.05, 3.63) is 47.7 Å². The first-order chi connectivity index (χ1) is 9.74. The Morgan fingerprint density at radius 2 is 2.20 bits per heavy atom. The summed E-state index contributed by atoms with van der Waals surface area (Å²) in [7, 11) is 0. The molecular weight excluding hydrogens is 306 g/mol. The lowest BCUT2D eigenvalue weighted by molar-refractivity contribution is 0.537. The second-order valence-corrected chi connectivity index (χ2v) is 7.51. The molecule has 2 heterocycles. The summed E-state index contributed by atoms with van der Waals surface area (Å²) in [6.45, 7) is 2.09. The SMILES string of the molecule is Cc1cccc(-c2ccc(C3SCSCNC3=S)o2)c1. The van der Waals surface area contributed by atoms with Crippen LogP contribution in [0.5, 0.6) is 0 Å². The molecule has 1 aliphatic rings. The smallest absolute Gasteiger partial charge is 0.134 e. The van der Waals surface area contributed by atoms with Gasteiger partial charge in [-0.05, 0) is 25.1 Å². The van der Waals surface area contributed by atoms with E-state index in [0.717, 1.165) is 33.0 Å². The molecule has 1 saturated heterocycles. The van der Waals surface area contributed by atoms with Crippen molar-refractivity contribution in [1.82, 2.24) is 5.32 Å². The lowest BCUT2D eigenvalue weighted by Gasteiger charge is -2.11. The molecule has 1 unspecified atom stereocenters. The van der Waals surface area contributed by atoms with Gasteiger partial charge < -0.3 is 9.73 Å². The van der Waals surface area contributed by atoms with Crippen molar-refractivity contribution >= 4 is 40.7 Å². The van der Waals surface area contributed by atoms with E-state index in [9.17, 15) is 0 Å². The third-order valence-corrected chi connectivity index (χ3v) is 5.98. The first-order valence-corrected chi connectivity index (χ1v) is 8.99. The highest BCUT2D eigenvalue weighted by Crippen LogP contribution is 2.37. The number of nitrogens with one attached hydrogen (secondary N) is 1. The van der Waals surface area contributed by atoms with Crippen molar-refractivity contribution < 1.29 is 4.42 Å². The van der Waals surface area contributed by atoms with Gasteiger partial charge >= 0.3 is 0 Å². The second kappa shape index (κ2) is 6.24. The van der Waals surface area contributed by atoms with E-state index in [1.54, 1.807) is 0 Å². The molecule has 104 valence electrons. The molecule has 1 aliphatic heterocycles. The van der Waals surface area contributed by atoms with E-state index >= 15 is 0 Å².